The SMILES string of the molecule is c1ccc(N(c2ccc3c4ccc5c6cc7c8ccccc8c8ccccc8c7cc6sc5c4n(-c4nc(-c5ccncc5)nc(-c5cccnc5)n4)c3c2)c2cc3cccc4ccc5cccc2c5c43)cc1. The van der Waals surface area contributed by atoms with E-state index < -0.39 is 0 Å². The number of pyridine rings is 2. The number of fused-ring (bicyclic) bond motifs is 13. The second-order valence-corrected chi connectivity index (χ2v) is 19.9. The van der Waals surface area contributed by atoms with Crippen molar-refractivity contribution in [2.24, 2.45) is 0 Å². The quantitative estimate of drug-likeness (QED) is 0.155. The summed E-state index contributed by atoms with van der Waals surface area (Å²) in [6.45, 7) is 0. The Labute approximate surface area is 420 Å². The molecule has 5 heterocycles. The number of hydrogen-bond donors (Lipinski definition) is 0. The minimum atomic E-state index is 0.512. The second kappa shape index (κ2) is 15.4. The van der Waals surface area contributed by atoms with Gasteiger partial charge in [-0.25, -0.2) is 4.98 Å². The van der Waals surface area contributed by atoms with Gasteiger partial charge in [0, 0.05) is 78.9 Å². The van der Waals surface area contributed by atoms with Crippen molar-refractivity contribution in [3.63, 3.8) is 0 Å². The largest absolute Gasteiger partial charge is 0.310 e. The van der Waals surface area contributed by atoms with Crippen molar-refractivity contribution in [3.8, 4) is 28.7 Å². The molecule has 0 fully saturated rings. The van der Waals surface area contributed by atoms with Crippen LogP contribution in [0, 0.1) is 0 Å². The molecule has 73 heavy (non-hydrogen) atoms. The van der Waals surface area contributed by atoms with Crippen LogP contribution in [0.1, 0.15) is 0 Å². The minimum Gasteiger partial charge on any atom is -0.310 e. The third-order valence-corrected chi connectivity index (χ3v) is 16.1. The molecule has 0 aliphatic rings. The molecule has 0 radical (unpaired) electrons. The van der Waals surface area contributed by atoms with E-state index in [1.807, 2.05) is 41.8 Å². The van der Waals surface area contributed by atoms with E-state index in [1.165, 1.54) is 80.1 Å². The smallest absolute Gasteiger partial charge is 0.238 e. The molecular weight excluding hydrogens is 911 g/mol. The highest BCUT2D eigenvalue weighted by Crippen LogP contribution is 2.49. The number of nitrogens with zero attached hydrogens (tertiary/aromatic N) is 7. The first kappa shape index (κ1) is 40.1. The number of rotatable bonds is 6. The lowest BCUT2D eigenvalue weighted by atomic mass is 9.92. The van der Waals surface area contributed by atoms with Gasteiger partial charge in [-0.05, 0) is 126 Å². The molecule has 0 N–H and O–H groups in total. The summed E-state index contributed by atoms with van der Waals surface area (Å²) in [6, 6.07) is 72.7. The predicted octanol–water partition coefficient (Wildman–Crippen LogP) is 17.3. The van der Waals surface area contributed by atoms with Crippen molar-refractivity contribution in [2.75, 3.05) is 4.90 Å². The van der Waals surface area contributed by atoms with Gasteiger partial charge in [0.05, 0.1) is 21.4 Å². The summed E-state index contributed by atoms with van der Waals surface area (Å²) < 4.78 is 4.67. The summed E-state index contributed by atoms with van der Waals surface area (Å²) in [5.41, 5.74) is 6.81. The zero-order chi connectivity index (χ0) is 47.7. The van der Waals surface area contributed by atoms with Crippen molar-refractivity contribution in [2.45, 2.75) is 0 Å². The van der Waals surface area contributed by atoms with E-state index in [-0.39, 0.29) is 0 Å². The molecule has 0 aliphatic heterocycles. The van der Waals surface area contributed by atoms with Crippen molar-refractivity contribution in [1.82, 2.24) is 29.5 Å². The zero-order valence-electron chi connectivity index (χ0n) is 38.9. The highest BCUT2D eigenvalue weighted by molar-refractivity contribution is 7.26. The van der Waals surface area contributed by atoms with Gasteiger partial charge in [-0.3, -0.25) is 14.5 Å². The Morgan fingerprint density at radius 2 is 1.04 bits per heavy atom. The fraction of sp³-hybridized carbons (Fsp3) is 0. The van der Waals surface area contributed by atoms with Crippen molar-refractivity contribution >= 4 is 135 Å². The molecule has 338 valence electrons. The molecule has 8 heteroatoms. The van der Waals surface area contributed by atoms with E-state index in [4.69, 9.17) is 15.0 Å². The minimum absolute atomic E-state index is 0.512. The molecule has 11 aromatic carbocycles. The Bertz CT molecular complexity index is 4860. The average Bonchev–Trinajstić information content (AvgIpc) is 4.00. The van der Waals surface area contributed by atoms with Crippen LogP contribution in [0.15, 0.2) is 225 Å². The molecule has 0 saturated carbocycles. The van der Waals surface area contributed by atoms with Crippen LogP contribution in [-0.4, -0.2) is 29.5 Å². The van der Waals surface area contributed by atoms with Gasteiger partial charge in [-0.15, -0.1) is 11.3 Å². The number of hydrogen-bond acceptors (Lipinski definition) is 7. The molecule has 0 bridgehead atoms. The standard InChI is InChI=1S/C65H37N7S/c1-2-15-43(16-3-1)71(56-33-41-13-8-11-38-22-23-39-12-9-21-52(56)60(39)59(38)41)44-24-25-49-50-26-27-51-55-35-53-47-19-6-4-17-45(47)46-18-5-7-20-48(46)54(53)36-58(55)73-62(51)61(50)72(57(49)34-44)65-69-63(40-28-31-66-32-29-40)68-64(70-65)42-14-10-30-67-37-42/h1-37H. The molecule has 5 aromatic heterocycles. The van der Waals surface area contributed by atoms with Crippen LogP contribution in [0.4, 0.5) is 17.1 Å². The summed E-state index contributed by atoms with van der Waals surface area (Å²) in [5.74, 6) is 1.59. The zero-order valence-corrected chi connectivity index (χ0v) is 39.7. The van der Waals surface area contributed by atoms with Crippen LogP contribution in [0.25, 0.3) is 135 Å². The van der Waals surface area contributed by atoms with Gasteiger partial charge < -0.3 is 4.90 Å². The summed E-state index contributed by atoms with van der Waals surface area (Å²) in [5, 5.41) is 19.6. The molecule has 16 aromatic rings. The van der Waals surface area contributed by atoms with Gasteiger partial charge >= 0.3 is 0 Å². The Hall–Kier alpha value is -9.63. The van der Waals surface area contributed by atoms with E-state index in [0.717, 1.165) is 54.7 Å². The summed E-state index contributed by atoms with van der Waals surface area (Å²) >= 11 is 1.83. The molecule has 16 rings (SSSR count). The Morgan fingerprint density at radius 3 is 1.81 bits per heavy atom. The third kappa shape index (κ3) is 5.96. The maximum atomic E-state index is 5.41. The molecule has 0 atom stereocenters. The van der Waals surface area contributed by atoms with E-state index in [9.17, 15) is 0 Å². The lowest BCUT2D eigenvalue weighted by molar-refractivity contribution is 0.954. The first-order valence-corrected chi connectivity index (χ1v) is 25.3. The van der Waals surface area contributed by atoms with Crippen LogP contribution in [-0.2, 0) is 0 Å². The van der Waals surface area contributed by atoms with Gasteiger partial charge in [-0.1, -0.05) is 133 Å². The van der Waals surface area contributed by atoms with Gasteiger partial charge in [0.2, 0.25) is 5.95 Å². The lowest BCUT2D eigenvalue weighted by Crippen LogP contribution is -2.11. The molecule has 0 unspecified atom stereocenters. The number of thiophene rings is 1. The molecule has 0 aliphatic carbocycles. The molecule has 0 spiro atoms. The number of aromatic nitrogens is 6. The highest BCUT2D eigenvalue weighted by Gasteiger charge is 2.25. The van der Waals surface area contributed by atoms with E-state index in [2.05, 4.69) is 195 Å². The van der Waals surface area contributed by atoms with Gasteiger partial charge in [0.25, 0.3) is 0 Å². The fourth-order valence-electron chi connectivity index (χ4n) is 11.7. The number of anilines is 3. The molecule has 0 saturated heterocycles. The normalized spacial score (nSPS) is 12.1. The van der Waals surface area contributed by atoms with Crippen LogP contribution < -0.4 is 4.90 Å². The van der Waals surface area contributed by atoms with Crippen molar-refractivity contribution in [1.29, 1.82) is 0 Å². The Kier molecular flexibility index (Phi) is 8.49. The van der Waals surface area contributed by atoms with Gasteiger partial charge in [0.1, 0.15) is 0 Å². The lowest BCUT2D eigenvalue weighted by Gasteiger charge is -2.28. The van der Waals surface area contributed by atoms with E-state index in [0.29, 0.717) is 17.6 Å². The maximum absolute atomic E-state index is 5.41. The first-order valence-electron chi connectivity index (χ1n) is 24.5. The fourth-order valence-corrected chi connectivity index (χ4v) is 13.0. The van der Waals surface area contributed by atoms with Crippen LogP contribution in [0.5, 0.6) is 0 Å². The van der Waals surface area contributed by atoms with E-state index >= 15 is 0 Å². The predicted molar refractivity (Wildman–Crippen MR) is 304 cm³/mol. The van der Waals surface area contributed by atoms with Crippen molar-refractivity contribution in [3.05, 3.63) is 225 Å². The summed E-state index contributed by atoms with van der Waals surface area (Å²) in [4.78, 5) is 27.2. The summed E-state index contributed by atoms with van der Waals surface area (Å²) in [7, 11) is 0. The van der Waals surface area contributed by atoms with Crippen LogP contribution in [0.3, 0.4) is 0 Å². The van der Waals surface area contributed by atoms with Gasteiger partial charge in [0.15, 0.2) is 11.6 Å². The average molecular weight is 948 g/mol. The third-order valence-electron chi connectivity index (χ3n) is 14.9. The van der Waals surface area contributed by atoms with Crippen LogP contribution >= 0.6 is 11.3 Å². The van der Waals surface area contributed by atoms with E-state index in [1.54, 1.807) is 18.6 Å². The first-order chi connectivity index (χ1) is 36.2. The molecule has 7 nitrogen and oxygen atoms in total. The molecule has 0 amide bonds. The molecular formula is C65H37N7S. The number of benzene rings is 11. The second-order valence-electron chi connectivity index (χ2n) is 18.8. The van der Waals surface area contributed by atoms with Crippen molar-refractivity contribution < 1.29 is 0 Å². The topological polar surface area (TPSA) is 72.6 Å². The Balaban J connectivity index is 1.03. The maximum Gasteiger partial charge on any atom is 0.238 e. The Morgan fingerprint density at radius 1 is 0.384 bits per heavy atom. The summed E-state index contributed by atoms with van der Waals surface area (Å²) in [6.07, 6.45) is 7.15. The number of para-hydroxylation sites is 1. The van der Waals surface area contributed by atoms with Crippen LogP contribution in [0.2, 0.25) is 0 Å². The monoisotopic (exact) mass is 947 g/mol. The highest BCUT2D eigenvalue weighted by atomic mass is 32.1. The van der Waals surface area contributed by atoms with Gasteiger partial charge in [-0.2, -0.15) is 9.97 Å².